The lowest BCUT2D eigenvalue weighted by atomic mass is 9.95. The second-order valence-electron chi connectivity index (χ2n) is 5.92. The highest BCUT2D eigenvalue weighted by molar-refractivity contribution is 9.10. The summed E-state index contributed by atoms with van der Waals surface area (Å²) < 4.78 is 1.05. The molecule has 1 atom stereocenters. The highest BCUT2D eigenvalue weighted by atomic mass is 79.9. The van der Waals surface area contributed by atoms with Crippen molar-refractivity contribution in [3.05, 3.63) is 33.3 Å². The number of hydrogen-bond acceptors (Lipinski definition) is 1. The smallest absolute Gasteiger partial charge is 0.0449 e. The van der Waals surface area contributed by atoms with Gasteiger partial charge in [-0.15, -0.1) is 0 Å². The highest BCUT2D eigenvalue weighted by Gasteiger charge is 2.18. The minimum absolute atomic E-state index is 0.555. The average molecular weight is 359 g/mol. The molecule has 0 amide bonds. The minimum atomic E-state index is 0.555. The Morgan fingerprint density at radius 1 is 1.35 bits per heavy atom. The van der Waals surface area contributed by atoms with E-state index in [4.69, 9.17) is 11.6 Å². The van der Waals surface area contributed by atoms with E-state index in [-0.39, 0.29) is 0 Å². The van der Waals surface area contributed by atoms with Gasteiger partial charge in [-0.25, -0.2) is 0 Å². The Balaban J connectivity index is 1.90. The van der Waals surface area contributed by atoms with Gasteiger partial charge in [0.05, 0.1) is 0 Å². The molecule has 1 aromatic rings. The number of likely N-dealkylation sites (N-methyl/N-ethyl adjacent to an activating group) is 1. The van der Waals surface area contributed by atoms with Crippen molar-refractivity contribution in [2.24, 2.45) is 5.92 Å². The lowest BCUT2D eigenvalue weighted by Crippen LogP contribution is -2.31. The van der Waals surface area contributed by atoms with E-state index >= 15 is 0 Å². The molecule has 1 nitrogen and oxygen atoms in total. The van der Waals surface area contributed by atoms with Crippen LogP contribution >= 0.6 is 27.5 Å². The monoisotopic (exact) mass is 357 g/mol. The second-order valence-corrected chi connectivity index (χ2v) is 7.25. The summed E-state index contributed by atoms with van der Waals surface area (Å²) in [7, 11) is 0. The molecule has 0 radical (unpaired) electrons. The third kappa shape index (κ3) is 5.05. The normalized spacial score (nSPS) is 17.6. The number of nitrogens with one attached hydrogen (secondary N) is 1. The molecule has 1 saturated carbocycles. The zero-order valence-electron chi connectivity index (χ0n) is 12.3. The zero-order valence-corrected chi connectivity index (χ0v) is 14.6. The third-order valence-corrected chi connectivity index (χ3v) is 5.22. The molecule has 1 aliphatic carbocycles. The van der Waals surface area contributed by atoms with Crippen LogP contribution in [0.25, 0.3) is 0 Å². The molecule has 1 unspecified atom stereocenters. The molecular formula is C17H25BrClN. The van der Waals surface area contributed by atoms with E-state index in [9.17, 15) is 0 Å². The molecule has 1 aliphatic rings. The van der Waals surface area contributed by atoms with Crippen molar-refractivity contribution in [3.8, 4) is 0 Å². The predicted molar refractivity (Wildman–Crippen MR) is 91.5 cm³/mol. The van der Waals surface area contributed by atoms with Crippen LogP contribution < -0.4 is 5.32 Å². The molecule has 0 saturated heterocycles. The van der Waals surface area contributed by atoms with E-state index in [1.54, 1.807) is 0 Å². The van der Waals surface area contributed by atoms with Crippen molar-refractivity contribution in [2.75, 3.05) is 6.54 Å². The molecule has 20 heavy (non-hydrogen) atoms. The molecular weight excluding hydrogens is 334 g/mol. The molecule has 0 spiro atoms. The number of rotatable bonds is 7. The van der Waals surface area contributed by atoms with Crippen LogP contribution in [0.15, 0.2) is 22.7 Å². The second kappa shape index (κ2) is 8.41. The number of halogens is 2. The molecule has 112 valence electrons. The first-order chi connectivity index (χ1) is 9.69. The third-order valence-electron chi connectivity index (χ3n) is 4.37. The van der Waals surface area contributed by atoms with E-state index < -0.39 is 0 Å². The molecule has 1 aromatic carbocycles. The lowest BCUT2D eigenvalue weighted by molar-refractivity contribution is 0.407. The van der Waals surface area contributed by atoms with Crippen LogP contribution in [-0.4, -0.2) is 12.6 Å². The largest absolute Gasteiger partial charge is 0.314 e. The fraction of sp³-hybridized carbons (Fsp3) is 0.647. The maximum absolute atomic E-state index is 6.34. The van der Waals surface area contributed by atoms with Gasteiger partial charge in [-0.2, -0.15) is 0 Å². The molecule has 2 rings (SSSR count). The Kier molecular flexibility index (Phi) is 6.86. The molecule has 1 N–H and O–H groups in total. The average Bonchev–Trinajstić information content (AvgIpc) is 2.92. The van der Waals surface area contributed by atoms with Crippen LogP contribution in [0.2, 0.25) is 5.02 Å². The van der Waals surface area contributed by atoms with Crippen LogP contribution in [0, 0.1) is 5.92 Å². The number of benzene rings is 1. The maximum Gasteiger partial charge on any atom is 0.0449 e. The van der Waals surface area contributed by atoms with E-state index in [0.29, 0.717) is 6.04 Å². The van der Waals surface area contributed by atoms with Crippen LogP contribution in [0.1, 0.15) is 51.0 Å². The Morgan fingerprint density at radius 3 is 2.75 bits per heavy atom. The molecule has 0 aliphatic heterocycles. The van der Waals surface area contributed by atoms with Gasteiger partial charge in [0.2, 0.25) is 0 Å². The van der Waals surface area contributed by atoms with Gasteiger partial charge in [-0.3, -0.25) is 0 Å². The predicted octanol–water partition coefficient (Wildman–Crippen LogP) is 5.59. The lowest BCUT2D eigenvalue weighted by Gasteiger charge is -2.20. The molecule has 0 bridgehead atoms. The first-order valence-corrected chi connectivity index (χ1v) is 9.03. The van der Waals surface area contributed by atoms with Gasteiger partial charge in [-0.05, 0) is 49.4 Å². The maximum atomic E-state index is 6.34. The molecule has 1 fully saturated rings. The standard InChI is InChI=1S/C17H25BrClN/c1-2-20-16(10-7-13-5-3-4-6-13)11-14-8-9-15(18)12-17(14)19/h8-9,12-13,16,20H,2-7,10-11H2,1H3. The van der Waals surface area contributed by atoms with Crippen molar-refractivity contribution in [1.29, 1.82) is 0 Å². The fourth-order valence-electron chi connectivity index (χ4n) is 3.25. The summed E-state index contributed by atoms with van der Waals surface area (Å²) in [5, 5.41) is 4.50. The molecule has 3 heteroatoms. The van der Waals surface area contributed by atoms with E-state index in [1.807, 2.05) is 6.07 Å². The van der Waals surface area contributed by atoms with Crippen LogP contribution in [0.3, 0.4) is 0 Å². The van der Waals surface area contributed by atoms with Crippen LogP contribution in [0.5, 0.6) is 0 Å². The van der Waals surface area contributed by atoms with Gasteiger partial charge in [0.15, 0.2) is 0 Å². The van der Waals surface area contributed by atoms with Gasteiger partial charge >= 0.3 is 0 Å². The van der Waals surface area contributed by atoms with Crippen molar-refractivity contribution in [1.82, 2.24) is 5.32 Å². The fourth-order valence-corrected chi connectivity index (χ4v) is 4.00. The zero-order chi connectivity index (χ0) is 14.4. The minimum Gasteiger partial charge on any atom is -0.314 e. The van der Waals surface area contributed by atoms with Crippen molar-refractivity contribution in [2.45, 2.75) is 57.9 Å². The highest BCUT2D eigenvalue weighted by Crippen LogP contribution is 2.30. The van der Waals surface area contributed by atoms with Gasteiger partial charge < -0.3 is 5.32 Å². The van der Waals surface area contributed by atoms with Crippen molar-refractivity contribution in [3.63, 3.8) is 0 Å². The van der Waals surface area contributed by atoms with E-state index in [1.165, 1.54) is 44.1 Å². The van der Waals surface area contributed by atoms with Gasteiger partial charge in [0.25, 0.3) is 0 Å². The van der Waals surface area contributed by atoms with Crippen LogP contribution in [0.4, 0.5) is 0 Å². The van der Waals surface area contributed by atoms with Gasteiger partial charge in [0, 0.05) is 15.5 Å². The van der Waals surface area contributed by atoms with Gasteiger partial charge in [0.1, 0.15) is 0 Å². The first kappa shape index (κ1) is 16.3. The van der Waals surface area contributed by atoms with Gasteiger partial charge in [-0.1, -0.05) is 66.2 Å². The topological polar surface area (TPSA) is 12.0 Å². The summed E-state index contributed by atoms with van der Waals surface area (Å²) in [6, 6.07) is 6.78. The van der Waals surface area contributed by atoms with E-state index in [2.05, 4.69) is 40.3 Å². The van der Waals surface area contributed by atoms with Crippen molar-refractivity contribution >= 4 is 27.5 Å². The molecule has 0 heterocycles. The Bertz CT molecular complexity index is 415. The Hall–Kier alpha value is -0.0500. The summed E-state index contributed by atoms with van der Waals surface area (Å²) in [6.45, 7) is 3.22. The summed E-state index contributed by atoms with van der Waals surface area (Å²) in [5.74, 6) is 0.969. The summed E-state index contributed by atoms with van der Waals surface area (Å²) in [5.41, 5.74) is 1.26. The SMILES string of the molecule is CCNC(CCC1CCCC1)Cc1ccc(Br)cc1Cl. The Morgan fingerprint density at radius 2 is 2.10 bits per heavy atom. The summed E-state index contributed by atoms with van der Waals surface area (Å²) >= 11 is 9.81. The quantitative estimate of drug-likeness (QED) is 0.669. The van der Waals surface area contributed by atoms with Crippen molar-refractivity contribution < 1.29 is 0 Å². The number of hydrogen-bond donors (Lipinski definition) is 1. The Labute approximate surface area is 136 Å². The first-order valence-electron chi connectivity index (χ1n) is 7.86. The molecule has 0 aromatic heterocycles. The van der Waals surface area contributed by atoms with Crippen LogP contribution in [-0.2, 0) is 6.42 Å². The summed E-state index contributed by atoms with van der Waals surface area (Å²) in [4.78, 5) is 0. The summed E-state index contributed by atoms with van der Waals surface area (Å²) in [6.07, 6.45) is 9.43. The van der Waals surface area contributed by atoms with E-state index in [0.717, 1.165) is 28.4 Å².